The Kier molecular flexibility index (Phi) is 2.43. The van der Waals surface area contributed by atoms with Crippen LogP contribution in [0.1, 0.15) is 20.7 Å². The molecule has 0 spiro atoms. The molecule has 1 aromatic carbocycles. The van der Waals surface area contributed by atoms with Gasteiger partial charge in [0, 0.05) is 33.2 Å². The number of nitrogens with zero attached hydrogens (tertiary/aromatic N) is 1. The molecule has 0 aliphatic rings. The number of H-pyrrole nitrogens is 1. The monoisotopic (exact) mass is 302 g/mol. The topological polar surface area (TPSA) is 65.2 Å². The molecule has 0 amide bonds. The van der Waals surface area contributed by atoms with Gasteiger partial charge in [-0.25, -0.2) is 13.1 Å². The van der Waals surface area contributed by atoms with Gasteiger partial charge in [-0.1, -0.05) is 6.07 Å². The van der Waals surface area contributed by atoms with Crippen LogP contribution < -0.4 is 4.72 Å². The highest BCUT2D eigenvalue weighted by Gasteiger charge is 2.11. The van der Waals surface area contributed by atoms with Gasteiger partial charge in [0.1, 0.15) is 0 Å². The van der Waals surface area contributed by atoms with Gasteiger partial charge in [0.15, 0.2) is 0 Å². The second kappa shape index (κ2) is 5.95. The van der Waals surface area contributed by atoms with Gasteiger partial charge in [0.25, 0.3) is 0 Å². The summed E-state index contributed by atoms with van der Waals surface area (Å²) < 4.78 is 79.4. The summed E-state index contributed by atoms with van der Waals surface area (Å²) in [7, 11) is -1.29. The summed E-state index contributed by atoms with van der Waals surface area (Å²) in [6.07, 6.45) is -1.05. The molecular weight excluding hydrogens is 274 g/mol. The van der Waals surface area contributed by atoms with Crippen LogP contribution in [0.15, 0.2) is 24.4 Å². The average molecular weight is 302 g/mol. The minimum atomic E-state index is -4.13. The first-order chi connectivity index (χ1) is 12.1. The third-order valence-corrected chi connectivity index (χ3v) is 3.70. The smallest absolute Gasteiger partial charge is 0.215 e. The van der Waals surface area contributed by atoms with Crippen LogP contribution in [0.25, 0.3) is 10.9 Å². The van der Waals surface area contributed by atoms with Gasteiger partial charge in [-0.15, -0.1) is 0 Å². The summed E-state index contributed by atoms with van der Waals surface area (Å²) in [4.78, 5) is 3.98. The predicted octanol–water partition coefficient (Wildman–Crippen LogP) is 1.32. The summed E-state index contributed by atoms with van der Waals surface area (Å²) in [5.74, 6) is -0.602. The Hall–Kier alpha value is -1.37. The van der Waals surface area contributed by atoms with E-state index in [1.165, 1.54) is 32.4 Å². The van der Waals surface area contributed by atoms with Crippen LogP contribution in [-0.4, -0.2) is 45.9 Å². The molecule has 0 saturated heterocycles. The van der Waals surface area contributed by atoms with Crippen molar-refractivity contribution in [3.05, 3.63) is 35.5 Å². The Bertz CT molecular complexity index is 936. The van der Waals surface area contributed by atoms with Gasteiger partial charge in [-0.3, -0.25) is 0 Å². The minimum absolute atomic E-state index is 0.0410. The molecule has 1 heterocycles. The number of hydrogen-bond acceptors (Lipinski definition) is 3. The normalized spacial score (nSPS) is 19.6. The first-order valence-corrected chi connectivity index (χ1v) is 7.52. The molecule has 20 heavy (non-hydrogen) atoms. The summed E-state index contributed by atoms with van der Waals surface area (Å²) in [6.45, 7) is -5.17. The first kappa shape index (κ1) is 8.17. The molecule has 0 aliphatic heterocycles. The SMILES string of the molecule is [2H]C([2H])([2H])NS(=O)(=O)Cc1ccc2[nH]cc(C([2H])([2H])C([2H])([2H])N(C)C)c2c1. The third kappa shape index (κ3) is 3.59. The Labute approximate surface area is 129 Å². The van der Waals surface area contributed by atoms with Crippen molar-refractivity contribution < 1.29 is 18.0 Å². The van der Waals surface area contributed by atoms with Crippen LogP contribution in [0.3, 0.4) is 0 Å². The highest BCUT2D eigenvalue weighted by molar-refractivity contribution is 7.88. The highest BCUT2D eigenvalue weighted by Crippen LogP contribution is 2.21. The van der Waals surface area contributed by atoms with Gasteiger partial charge >= 0.3 is 0 Å². The van der Waals surface area contributed by atoms with E-state index < -0.39 is 35.6 Å². The molecule has 0 aliphatic carbocycles. The van der Waals surface area contributed by atoms with Crippen LogP contribution in [-0.2, 0) is 22.1 Å². The van der Waals surface area contributed by atoms with E-state index in [-0.39, 0.29) is 11.1 Å². The molecule has 5 nitrogen and oxygen atoms in total. The van der Waals surface area contributed by atoms with Gasteiger partial charge in [-0.05, 0) is 50.7 Å². The lowest BCUT2D eigenvalue weighted by molar-refractivity contribution is 0.414. The zero-order valence-electron chi connectivity index (χ0n) is 18.2. The molecule has 0 saturated carbocycles. The van der Waals surface area contributed by atoms with E-state index in [0.717, 1.165) is 4.90 Å². The third-order valence-electron chi connectivity index (χ3n) is 2.67. The number of rotatable bonds is 6. The lowest BCUT2D eigenvalue weighted by Gasteiger charge is -2.08. The molecule has 0 unspecified atom stereocenters. The van der Waals surface area contributed by atoms with Gasteiger partial charge in [0.05, 0.1) is 5.75 Å². The number of likely N-dealkylation sites (N-methyl/N-ethyl adjacent to an activating group) is 1. The summed E-state index contributed by atoms with van der Waals surface area (Å²) in [6, 6.07) is 4.45. The molecule has 0 bridgehead atoms. The van der Waals surface area contributed by atoms with E-state index in [1.54, 1.807) is 10.8 Å². The van der Waals surface area contributed by atoms with Crippen molar-refractivity contribution in [2.24, 2.45) is 0 Å². The molecular formula is C14H21N3O2S. The van der Waals surface area contributed by atoms with Crippen LogP contribution in [0.4, 0.5) is 0 Å². The second-order valence-corrected chi connectivity index (χ2v) is 6.30. The zero-order valence-corrected chi connectivity index (χ0v) is 12.0. The molecule has 1 aromatic heterocycles. The standard InChI is InChI=1S/C14H21N3O2S/c1-15-20(18,19)10-11-4-5-14-13(8-11)12(9-16-14)6-7-17(2)3/h4-5,8-9,15-16H,6-7,10H2,1-3H3/i1D3,6D2,7D2. The van der Waals surface area contributed by atoms with Gasteiger partial charge in [-0.2, -0.15) is 0 Å². The maximum atomic E-state index is 12.0. The second-order valence-electron chi connectivity index (χ2n) is 4.57. The van der Waals surface area contributed by atoms with Crippen molar-refractivity contribution in [1.29, 1.82) is 0 Å². The Morgan fingerprint density at radius 3 is 2.95 bits per heavy atom. The highest BCUT2D eigenvalue weighted by atomic mass is 32.2. The lowest BCUT2D eigenvalue weighted by Crippen LogP contribution is -2.20. The first-order valence-electron chi connectivity index (χ1n) is 9.36. The van der Waals surface area contributed by atoms with Crippen molar-refractivity contribution in [2.45, 2.75) is 12.1 Å². The molecule has 0 fully saturated rings. The van der Waals surface area contributed by atoms with Crippen molar-refractivity contribution in [1.82, 2.24) is 14.6 Å². The maximum absolute atomic E-state index is 12.0. The summed E-state index contributed by atoms with van der Waals surface area (Å²) >= 11 is 0. The number of aryl methyl sites for hydroxylation is 1. The molecule has 0 radical (unpaired) electrons. The van der Waals surface area contributed by atoms with E-state index in [4.69, 9.17) is 9.60 Å². The van der Waals surface area contributed by atoms with Crippen LogP contribution in [0, 0.1) is 0 Å². The number of aromatic nitrogens is 1. The predicted molar refractivity (Wildman–Crippen MR) is 82.2 cm³/mol. The minimum Gasteiger partial charge on any atom is -0.361 e. The maximum Gasteiger partial charge on any atom is 0.215 e. The average Bonchev–Trinajstić information content (AvgIpc) is 2.87. The number of hydrogen-bond donors (Lipinski definition) is 2. The van der Waals surface area contributed by atoms with E-state index in [2.05, 4.69) is 4.98 Å². The Balaban J connectivity index is 2.48. The quantitative estimate of drug-likeness (QED) is 0.846. The zero-order chi connectivity index (χ0) is 20.8. The number of aromatic amines is 1. The van der Waals surface area contributed by atoms with E-state index in [0.29, 0.717) is 10.9 Å². The molecule has 2 rings (SSSR count). The fraction of sp³-hybridized carbons (Fsp3) is 0.429. The number of sulfonamides is 1. The number of fused-ring (bicyclic) bond motifs is 1. The van der Waals surface area contributed by atoms with E-state index in [9.17, 15) is 8.42 Å². The Morgan fingerprint density at radius 1 is 1.45 bits per heavy atom. The molecule has 2 aromatic rings. The number of benzene rings is 1. The molecule has 110 valence electrons. The summed E-state index contributed by atoms with van der Waals surface area (Å²) in [5.41, 5.74) is 0.800. The largest absolute Gasteiger partial charge is 0.361 e. The molecule has 2 N–H and O–H groups in total. The van der Waals surface area contributed by atoms with Crippen molar-refractivity contribution in [2.75, 3.05) is 27.6 Å². The lowest BCUT2D eigenvalue weighted by atomic mass is 10.1. The van der Waals surface area contributed by atoms with Crippen molar-refractivity contribution >= 4 is 20.9 Å². The fourth-order valence-corrected chi connectivity index (χ4v) is 2.48. The van der Waals surface area contributed by atoms with Gasteiger partial charge in [0.2, 0.25) is 10.0 Å². The van der Waals surface area contributed by atoms with Crippen LogP contribution in [0.2, 0.25) is 0 Å². The fourth-order valence-electron chi connectivity index (χ4n) is 1.79. The number of nitrogens with one attached hydrogen (secondary N) is 2. The van der Waals surface area contributed by atoms with Crippen LogP contribution in [0.5, 0.6) is 0 Å². The summed E-state index contributed by atoms with van der Waals surface area (Å²) in [5, 5.41) is 0.326. The Morgan fingerprint density at radius 2 is 2.25 bits per heavy atom. The molecule has 6 heteroatoms. The van der Waals surface area contributed by atoms with E-state index in [1.807, 2.05) is 0 Å². The van der Waals surface area contributed by atoms with Crippen molar-refractivity contribution in [3.8, 4) is 0 Å². The van der Waals surface area contributed by atoms with Crippen LogP contribution >= 0.6 is 0 Å². The van der Waals surface area contributed by atoms with Crippen molar-refractivity contribution in [3.63, 3.8) is 0 Å². The van der Waals surface area contributed by atoms with Gasteiger partial charge < -0.3 is 9.88 Å². The molecule has 0 atom stereocenters. The van der Waals surface area contributed by atoms with E-state index >= 15 is 0 Å².